The van der Waals surface area contributed by atoms with Gasteiger partial charge in [0, 0.05) is 5.41 Å². The molecule has 0 spiro atoms. The molecule has 0 bridgehead atoms. The van der Waals surface area contributed by atoms with Crippen molar-refractivity contribution in [2.75, 3.05) is 19.8 Å². The van der Waals surface area contributed by atoms with Crippen molar-refractivity contribution in [1.29, 1.82) is 0 Å². The Bertz CT molecular complexity index is 881. The van der Waals surface area contributed by atoms with Crippen molar-refractivity contribution in [2.45, 2.75) is 51.6 Å². The van der Waals surface area contributed by atoms with E-state index >= 15 is 0 Å². The van der Waals surface area contributed by atoms with E-state index in [9.17, 15) is 20.4 Å². The Hall–Kier alpha value is -1.06. The molecule has 8 N–H and O–H groups in total. The van der Waals surface area contributed by atoms with Crippen LogP contribution in [0.15, 0.2) is 48.5 Å². The molecule has 9 nitrogen and oxygen atoms in total. The van der Waals surface area contributed by atoms with E-state index in [2.05, 4.69) is 57.1 Å². The van der Waals surface area contributed by atoms with E-state index in [0.717, 1.165) is 11.1 Å². The molecule has 35 heavy (non-hydrogen) atoms. The highest BCUT2D eigenvalue weighted by Crippen LogP contribution is 2.42. The van der Waals surface area contributed by atoms with Crippen LogP contribution < -0.4 is 0 Å². The Kier molecular flexibility index (Phi) is 12.3. The van der Waals surface area contributed by atoms with Gasteiger partial charge in [0.05, 0.1) is 31.3 Å². The molecule has 11 heteroatoms. The van der Waals surface area contributed by atoms with Gasteiger partial charge >= 0.3 is 17.2 Å². The molecule has 0 saturated heterocycles. The normalized spacial score (nSPS) is 13.6. The van der Waals surface area contributed by atoms with Gasteiger partial charge in [-0.15, -0.1) is 0 Å². The minimum Gasteiger partial charge on any atom is -0.395 e. The lowest BCUT2D eigenvalue weighted by Gasteiger charge is -2.37. The lowest BCUT2D eigenvalue weighted by atomic mass is 9.71. The fourth-order valence-electron chi connectivity index (χ4n) is 3.66. The van der Waals surface area contributed by atoms with Crippen molar-refractivity contribution in [3.63, 3.8) is 0 Å². The van der Waals surface area contributed by atoms with Gasteiger partial charge in [0.1, 0.15) is 0 Å². The zero-order valence-corrected chi connectivity index (χ0v) is 22.5. The van der Waals surface area contributed by atoms with E-state index in [-0.39, 0.29) is 10.8 Å². The summed E-state index contributed by atoms with van der Waals surface area (Å²) in [7, 11) is -5.22. The molecule has 1 atom stereocenters. The van der Waals surface area contributed by atoms with E-state index in [1.807, 2.05) is 30.3 Å². The van der Waals surface area contributed by atoms with Crippen LogP contribution in [0.3, 0.4) is 0 Å². The maximum absolute atomic E-state index is 11.0. The van der Waals surface area contributed by atoms with E-state index in [1.54, 1.807) is 0 Å². The fraction of sp³-hybridized carbons (Fsp3) is 0.500. The number of aliphatic hydroxyl groups is 4. The molecule has 2 aromatic rings. The van der Waals surface area contributed by atoms with Crippen LogP contribution in [0.4, 0.5) is 0 Å². The monoisotopic (exact) mass is 532 g/mol. The quantitative estimate of drug-likeness (QED) is 0.226. The molecule has 0 aliphatic heterocycles. The van der Waals surface area contributed by atoms with Crippen LogP contribution in [0, 0.1) is 5.41 Å². The highest BCUT2D eigenvalue weighted by molar-refractivity contribution is 7.53. The van der Waals surface area contributed by atoms with Crippen molar-refractivity contribution >= 4 is 17.2 Å². The van der Waals surface area contributed by atoms with Gasteiger partial charge in [-0.1, -0.05) is 83.1 Å². The predicted octanol–water partition coefficient (Wildman–Crippen LogP) is 2.73. The molecule has 1 unspecified atom stereocenters. The van der Waals surface area contributed by atoms with Gasteiger partial charge < -0.3 is 40.0 Å². The van der Waals surface area contributed by atoms with Crippen molar-refractivity contribution < 1.29 is 44.3 Å². The number of aliphatic hydroxyl groups excluding tert-OH is 4. The minimum absolute atomic E-state index is 0.229. The second-order valence-electron chi connectivity index (χ2n) is 9.87. The summed E-state index contributed by atoms with van der Waals surface area (Å²) >= 11 is 0. The van der Waals surface area contributed by atoms with Gasteiger partial charge in [-0.25, -0.2) is 4.31 Å². The molecule has 0 aliphatic rings. The zero-order chi connectivity index (χ0) is 27.0. The highest BCUT2D eigenvalue weighted by atomic mass is 31.2. The molecular formula is C24H38O9P2. The number of rotatable bonds is 9. The summed E-state index contributed by atoms with van der Waals surface area (Å²) < 4.78 is 3.60. The fourth-order valence-corrected chi connectivity index (χ4v) is 4.18. The molecule has 0 aliphatic carbocycles. The molecule has 0 radical (unpaired) electrons. The lowest BCUT2D eigenvalue weighted by molar-refractivity contribution is -0.0857. The predicted molar refractivity (Wildman–Crippen MR) is 136 cm³/mol. The summed E-state index contributed by atoms with van der Waals surface area (Å²) in [5.74, 6) is 0. The van der Waals surface area contributed by atoms with Crippen LogP contribution in [0.25, 0.3) is 0 Å². The van der Waals surface area contributed by atoms with Gasteiger partial charge in [-0.05, 0) is 27.7 Å². The maximum atomic E-state index is 11.0. The highest BCUT2D eigenvalue weighted by Gasteiger charge is 2.40. The van der Waals surface area contributed by atoms with Gasteiger partial charge in [0.25, 0.3) is 0 Å². The summed E-state index contributed by atoms with van der Waals surface area (Å²) in [6.07, 6.45) is -1.18. The lowest BCUT2D eigenvalue weighted by Crippen LogP contribution is -2.41. The first-order valence-corrected chi connectivity index (χ1v) is 13.2. The number of hydrogen-bond acceptors (Lipinski definition) is 9. The van der Waals surface area contributed by atoms with E-state index in [4.69, 9.17) is 19.6 Å². The van der Waals surface area contributed by atoms with Crippen LogP contribution in [0.2, 0.25) is 0 Å². The van der Waals surface area contributed by atoms with Crippen molar-refractivity contribution in [3.05, 3.63) is 70.8 Å². The molecule has 198 valence electrons. The average molecular weight is 533 g/mol. The van der Waals surface area contributed by atoms with Crippen LogP contribution in [0.1, 0.15) is 63.0 Å². The second-order valence-corrected chi connectivity index (χ2v) is 11.5. The first kappa shape index (κ1) is 32.0. The second kappa shape index (κ2) is 13.5. The van der Waals surface area contributed by atoms with Crippen LogP contribution >= 0.6 is 17.2 Å². The smallest absolute Gasteiger partial charge is 0.334 e. The Morgan fingerprint density at radius 1 is 0.743 bits per heavy atom. The SMILES string of the molecule is CC(C)(C)c1cc(C(C)(C)c2ccccc2)ccc1C(O)C(CO)(CO)CO.OP(O)OP(O)O. The molecule has 2 aromatic carbocycles. The molecule has 2 rings (SSSR count). The Labute approximate surface area is 209 Å². The van der Waals surface area contributed by atoms with Crippen molar-refractivity contribution in [1.82, 2.24) is 0 Å². The molecule has 0 amide bonds. The van der Waals surface area contributed by atoms with Crippen molar-refractivity contribution in [2.24, 2.45) is 5.41 Å². The molecule has 0 saturated carbocycles. The Morgan fingerprint density at radius 3 is 1.60 bits per heavy atom. The van der Waals surface area contributed by atoms with Crippen LogP contribution in [-0.4, -0.2) is 59.8 Å². The zero-order valence-electron chi connectivity index (χ0n) is 20.7. The standard InChI is InChI=1S/C24H34O4.H4O5P2/c1-22(2,3)20-13-18(23(4,5)17-9-7-6-8-10-17)11-12-19(20)21(28)24(14-25,15-26)16-27;1-6(2)5-7(3)4/h6-13,21,25-28H,14-16H2,1-5H3;1-4H. The van der Waals surface area contributed by atoms with Crippen LogP contribution in [0.5, 0.6) is 0 Å². The summed E-state index contributed by atoms with van der Waals surface area (Å²) in [5.41, 5.74) is 1.97. The summed E-state index contributed by atoms with van der Waals surface area (Å²) in [5, 5.41) is 40.3. The molecule has 0 aromatic heterocycles. The first-order valence-electron chi connectivity index (χ1n) is 10.9. The average Bonchev–Trinajstić information content (AvgIpc) is 2.79. The van der Waals surface area contributed by atoms with E-state index in [0.29, 0.717) is 5.56 Å². The molecule has 0 heterocycles. The maximum Gasteiger partial charge on any atom is 0.334 e. The van der Waals surface area contributed by atoms with Crippen LogP contribution in [-0.2, 0) is 15.1 Å². The van der Waals surface area contributed by atoms with Crippen molar-refractivity contribution in [3.8, 4) is 0 Å². The third kappa shape index (κ3) is 8.49. The van der Waals surface area contributed by atoms with E-state index in [1.165, 1.54) is 5.56 Å². The molecular weight excluding hydrogens is 494 g/mol. The van der Waals surface area contributed by atoms with Gasteiger partial charge in [-0.2, -0.15) is 0 Å². The van der Waals surface area contributed by atoms with Gasteiger partial charge in [0.15, 0.2) is 0 Å². The summed E-state index contributed by atoms with van der Waals surface area (Å²) in [4.78, 5) is 31.3. The molecule has 0 fully saturated rings. The number of benzene rings is 2. The largest absolute Gasteiger partial charge is 0.395 e. The first-order chi connectivity index (χ1) is 16.2. The van der Waals surface area contributed by atoms with E-state index < -0.39 is 48.5 Å². The van der Waals surface area contributed by atoms with Gasteiger partial charge in [0.2, 0.25) is 0 Å². The topological polar surface area (TPSA) is 171 Å². The summed E-state index contributed by atoms with van der Waals surface area (Å²) in [6.45, 7) is 8.99. The minimum atomic E-state index is -2.61. The Balaban J connectivity index is 0.000000762. The number of hydrogen-bond donors (Lipinski definition) is 8. The summed E-state index contributed by atoms with van der Waals surface area (Å²) in [6, 6.07) is 16.2. The third-order valence-electron chi connectivity index (χ3n) is 6.04. The Morgan fingerprint density at radius 2 is 1.23 bits per heavy atom. The third-order valence-corrected chi connectivity index (χ3v) is 7.21. The van der Waals surface area contributed by atoms with Gasteiger partial charge in [-0.3, -0.25) is 0 Å².